The lowest BCUT2D eigenvalue weighted by Gasteiger charge is -2.33. The van der Waals surface area contributed by atoms with E-state index in [0.29, 0.717) is 42.1 Å². The molecule has 1 unspecified atom stereocenters. The first-order chi connectivity index (χ1) is 11.1. The fourth-order valence-corrected chi connectivity index (χ4v) is 2.91. The van der Waals surface area contributed by atoms with Crippen molar-refractivity contribution in [3.05, 3.63) is 45.8 Å². The summed E-state index contributed by atoms with van der Waals surface area (Å²) in [5, 5.41) is 0.359. The van der Waals surface area contributed by atoms with Crippen LogP contribution in [0.5, 0.6) is 5.88 Å². The van der Waals surface area contributed by atoms with Gasteiger partial charge in [0, 0.05) is 29.4 Å². The molecule has 1 atom stereocenters. The molecule has 5 nitrogen and oxygen atoms in total. The standard InChI is InChI=1S/C15H14Cl2FN3O2/c1-22-14-2-3-19-15(20-14)21-4-5-23-13(8-21)9-6-12(18)11(17)7-10(9)16/h2-3,6-7,13H,4-5,8H2,1H3. The van der Waals surface area contributed by atoms with Crippen LogP contribution in [0.2, 0.25) is 10.0 Å². The smallest absolute Gasteiger partial charge is 0.228 e. The van der Waals surface area contributed by atoms with Gasteiger partial charge in [-0.25, -0.2) is 9.37 Å². The summed E-state index contributed by atoms with van der Waals surface area (Å²) in [6, 6.07) is 4.37. The third-order valence-electron chi connectivity index (χ3n) is 3.56. The molecule has 1 aromatic heterocycles. The summed E-state index contributed by atoms with van der Waals surface area (Å²) in [5.41, 5.74) is 0.557. The maximum absolute atomic E-state index is 13.7. The number of ether oxygens (including phenoxy) is 2. The van der Waals surface area contributed by atoms with E-state index in [9.17, 15) is 4.39 Å². The summed E-state index contributed by atoms with van der Waals surface area (Å²) < 4.78 is 24.6. The number of nitrogens with zero attached hydrogens (tertiary/aromatic N) is 3. The van der Waals surface area contributed by atoms with Gasteiger partial charge in [0.2, 0.25) is 11.8 Å². The summed E-state index contributed by atoms with van der Waals surface area (Å²) in [7, 11) is 1.55. The van der Waals surface area contributed by atoms with Crippen LogP contribution in [0.25, 0.3) is 0 Å². The van der Waals surface area contributed by atoms with Gasteiger partial charge in [0.15, 0.2) is 0 Å². The van der Waals surface area contributed by atoms with Gasteiger partial charge in [0.1, 0.15) is 11.9 Å². The van der Waals surface area contributed by atoms with Crippen molar-refractivity contribution in [1.29, 1.82) is 0 Å². The van der Waals surface area contributed by atoms with Gasteiger partial charge in [-0.05, 0) is 12.1 Å². The number of methoxy groups -OCH3 is 1. The molecular formula is C15H14Cl2FN3O2. The predicted octanol–water partition coefficient (Wildman–Crippen LogP) is 3.51. The number of morpholine rings is 1. The molecule has 0 saturated carbocycles. The number of benzene rings is 1. The molecule has 23 heavy (non-hydrogen) atoms. The fourth-order valence-electron chi connectivity index (χ4n) is 2.40. The van der Waals surface area contributed by atoms with Crippen molar-refractivity contribution in [2.24, 2.45) is 0 Å². The van der Waals surface area contributed by atoms with Crippen LogP contribution >= 0.6 is 23.2 Å². The molecule has 2 heterocycles. The average molecular weight is 358 g/mol. The molecule has 1 saturated heterocycles. The van der Waals surface area contributed by atoms with E-state index >= 15 is 0 Å². The SMILES string of the molecule is COc1ccnc(N2CCOC(c3cc(F)c(Cl)cc3Cl)C2)n1. The van der Waals surface area contributed by atoms with Gasteiger partial charge in [-0.2, -0.15) is 4.98 Å². The van der Waals surface area contributed by atoms with Crippen LogP contribution in [0.4, 0.5) is 10.3 Å². The number of anilines is 1. The highest BCUT2D eigenvalue weighted by Gasteiger charge is 2.26. The molecule has 0 bridgehead atoms. The van der Waals surface area contributed by atoms with Crippen LogP contribution in [-0.4, -0.2) is 36.8 Å². The summed E-state index contributed by atoms with van der Waals surface area (Å²) in [4.78, 5) is 10.5. The van der Waals surface area contributed by atoms with Gasteiger partial charge in [0.05, 0.1) is 25.3 Å². The normalized spacial score (nSPS) is 18.1. The zero-order valence-electron chi connectivity index (χ0n) is 12.3. The Bertz CT molecular complexity index is 717. The molecule has 1 fully saturated rings. The van der Waals surface area contributed by atoms with E-state index < -0.39 is 11.9 Å². The minimum atomic E-state index is -0.524. The van der Waals surface area contributed by atoms with Gasteiger partial charge in [-0.15, -0.1) is 0 Å². The van der Waals surface area contributed by atoms with Crippen LogP contribution in [0, 0.1) is 5.82 Å². The van der Waals surface area contributed by atoms with E-state index in [1.807, 2.05) is 4.90 Å². The Morgan fingerprint density at radius 2 is 2.17 bits per heavy atom. The molecule has 1 aromatic carbocycles. The largest absolute Gasteiger partial charge is 0.481 e. The molecule has 8 heteroatoms. The minimum absolute atomic E-state index is 0.0115. The maximum atomic E-state index is 13.7. The molecule has 122 valence electrons. The molecule has 1 aliphatic rings. The third-order valence-corrected chi connectivity index (χ3v) is 4.18. The van der Waals surface area contributed by atoms with Crippen molar-refractivity contribution in [3.63, 3.8) is 0 Å². The molecule has 1 aliphatic heterocycles. The molecule has 0 radical (unpaired) electrons. The summed E-state index contributed by atoms with van der Waals surface area (Å²) in [5.74, 6) is 0.487. The van der Waals surface area contributed by atoms with Crippen molar-refractivity contribution in [1.82, 2.24) is 9.97 Å². The number of aromatic nitrogens is 2. The van der Waals surface area contributed by atoms with Crippen molar-refractivity contribution >= 4 is 29.2 Å². The van der Waals surface area contributed by atoms with Crippen LogP contribution < -0.4 is 9.64 Å². The zero-order chi connectivity index (χ0) is 16.4. The van der Waals surface area contributed by atoms with E-state index in [-0.39, 0.29) is 5.02 Å². The van der Waals surface area contributed by atoms with Crippen molar-refractivity contribution in [2.45, 2.75) is 6.10 Å². The molecular weight excluding hydrogens is 344 g/mol. The van der Waals surface area contributed by atoms with E-state index in [1.54, 1.807) is 19.4 Å². The Morgan fingerprint density at radius 3 is 2.96 bits per heavy atom. The van der Waals surface area contributed by atoms with Crippen LogP contribution in [-0.2, 0) is 4.74 Å². The Balaban J connectivity index is 1.84. The van der Waals surface area contributed by atoms with Gasteiger partial charge in [-0.1, -0.05) is 23.2 Å². The highest BCUT2D eigenvalue weighted by atomic mass is 35.5. The maximum Gasteiger partial charge on any atom is 0.228 e. The second kappa shape index (κ2) is 6.86. The molecule has 0 N–H and O–H groups in total. The Hall–Kier alpha value is -1.63. The molecule has 0 spiro atoms. The second-order valence-corrected chi connectivity index (χ2v) is 5.81. The number of hydrogen-bond acceptors (Lipinski definition) is 5. The number of hydrogen-bond donors (Lipinski definition) is 0. The molecule has 3 rings (SSSR count). The van der Waals surface area contributed by atoms with Crippen molar-refractivity contribution in [2.75, 3.05) is 31.7 Å². The highest BCUT2D eigenvalue weighted by Crippen LogP contribution is 2.33. The van der Waals surface area contributed by atoms with Gasteiger partial charge >= 0.3 is 0 Å². The van der Waals surface area contributed by atoms with Crippen LogP contribution in [0.3, 0.4) is 0 Å². The zero-order valence-corrected chi connectivity index (χ0v) is 13.8. The average Bonchev–Trinajstić information content (AvgIpc) is 2.58. The molecule has 2 aromatic rings. The number of halogens is 3. The van der Waals surface area contributed by atoms with E-state index in [1.165, 1.54) is 12.1 Å². The Labute approximate surface area is 143 Å². The summed E-state index contributed by atoms with van der Waals surface area (Å²) in [6.45, 7) is 1.52. The van der Waals surface area contributed by atoms with E-state index in [2.05, 4.69) is 9.97 Å². The quantitative estimate of drug-likeness (QED) is 0.786. The van der Waals surface area contributed by atoms with E-state index in [4.69, 9.17) is 32.7 Å². The first-order valence-electron chi connectivity index (χ1n) is 6.96. The van der Waals surface area contributed by atoms with Crippen LogP contribution in [0.1, 0.15) is 11.7 Å². The fraction of sp³-hybridized carbons (Fsp3) is 0.333. The van der Waals surface area contributed by atoms with Gasteiger partial charge in [-0.3, -0.25) is 0 Å². The minimum Gasteiger partial charge on any atom is -0.481 e. The Kier molecular flexibility index (Phi) is 4.84. The van der Waals surface area contributed by atoms with Crippen molar-refractivity contribution in [3.8, 4) is 5.88 Å². The lowest BCUT2D eigenvalue weighted by atomic mass is 10.1. The third kappa shape index (κ3) is 3.49. The monoisotopic (exact) mass is 357 g/mol. The lowest BCUT2D eigenvalue weighted by molar-refractivity contribution is 0.0390. The van der Waals surface area contributed by atoms with E-state index in [0.717, 1.165) is 0 Å². The molecule has 0 aliphatic carbocycles. The highest BCUT2D eigenvalue weighted by molar-refractivity contribution is 6.35. The topological polar surface area (TPSA) is 47.5 Å². The lowest BCUT2D eigenvalue weighted by Crippen LogP contribution is -2.39. The van der Waals surface area contributed by atoms with Crippen LogP contribution in [0.15, 0.2) is 24.4 Å². The summed E-state index contributed by atoms with van der Waals surface area (Å²) in [6.07, 6.45) is 1.23. The Morgan fingerprint density at radius 1 is 1.35 bits per heavy atom. The first-order valence-corrected chi connectivity index (χ1v) is 7.72. The first kappa shape index (κ1) is 16.2. The number of rotatable bonds is 3. The second-order valence-electron chi connectivity index (χ2n) is 4.99. The molecule has 0 amide bonds. The van der Waals surface area contributed by atoms with Gasteiger partial charge < -0.3 is 14.4 Å². The van der Waals surface area contributed by atoms with Gasteiger partial charge in [0.25, 0.3) is 0 Å². The van der Waals surface area contributed by atoms with Crippen molar-refractivity contribution < 1.29 is 13.9 Å². The predicted molar refractivity (Wildman–Crippen MR) is 85.9 cm³/mol. The summed E-state index contributed by atoms with van der Waals surface area (Å²) >= 11 is 11.9.